The van der Waals surface area contributed by atoms with Gasteiger partial charge in [0.2, 0.25) is 0 Å². The van der Waals surface area contributed by atoms with Gasteiger partial charge in [0, 0.05) is 51.4 Å². The topological polar surface area (TPSA) is 136 Å². The average molecular weight is 460 g/mol. The summed E-state index contributed by atoms with van der Waals surface area (Å²) in [5.41, 5.74) is 0.514. The summed E-state index contributed by atoms with van der Waals surface area (Å²) >= 11 is 0. The van der Waals surface area contributed by atoms with E-state index in [9.17, 15) is 19.7 Å². The summed E-state index contributed by atoms with van der Waals surface area (Å²) in [6.07, 6.45) is -0.308. The molecule has 2 aromatic rings. The van der Waals surface area contributed by atoms with Crippen molar-refractivity contribution >= 4 is 17.7 Å². The number of nitrogens with one attached hydrogen (secondary N) is 1. The highest BCUT2D eigenvalue weighted by molar-refractivity contribution is 5.93. The van der Waals surface area contributed by atoms with Crippen LogP contribution < -0.4 is 5.32 Å². The van der Waals surface area contributed by atoms with E-state index in [1.54, 1.807) is 24.0 Å². The van der Waals surface area contributed by atoms with E-state index in [2.05, 4.69) is 20.5 Å². The smallest absolute Gasteiger partial charge is 0.410 e. The molecule has 1 saturated heterocycles. The highest BCUT2D eigenvalue weighted by Crippen LogP contribution is 2.18. The zero-order valence-corrected chi connectivity index (χ0v) is 19.3. The number of nitrogens with zero attached hydrogens (tertiary/aromatic N) is 6. The van der Waals surface area contributed by atoms with E-state index in [4.69, 9.17) is 4.74 Å². The maximum atomic E-state index is 12.6. The van der Waals surface area contributed by atoms with Gasteiger partial charge in [0.15, 0.2) is 5.69 Å². The highest BCUT2D eigenvalue weighted by atomic mass is 16.6. The molecule has 3 rings (SSSR count). The first-order valence-corrected chi connectivity index (χ1v) is 10.7. The third kappa shape index (κ3) is 6.25. The van der Waals surface area contributed by atoms with Crippen molar-refractivity contribution < 1.29 is 19.2 Å². The number of nitro benzene ring substituents is 1. The van der Waals surface area contributed by atoms with Crippen LogP contribution >= 0.6 is 0 Å². The van der Waals surface area contributed by atoms with Gasteiger partial charge < -0.3 is 15.0 Å². The Bertz CT molecular complexity index is 1020. The van der Waals surface area contributed by atoms with Crippen LogP contribution in [-0.2, 0) is 4.74 Å². The number of carbonyl (C=O) groups is 2. The molecule has 1 aromatic heterocycles. The molecule has 33 heavy (non-hydrogen) atoms. The predicted octanol–water partition coefficient (Wildman–Crippen LogP) is 1.77. The van der Waals surface area contributed by atoms with Gasteiger partial charge in [-0.25, -0.2) is 9.48 Å². The van der Waals surface area contributed by atoms with Gasteiger partial charge in [-0.05, 0) is 33.8 Å². The Morgan fingerprint density at radius 3 is 2.55 bits per heavy atom. The summed E-state index contributed by atoms with van der Waals surface area (Å²) in [6.45, 7) is 10.8. The number of benzene rings is 1. The highest BCUT2D eigenvalue weighted by Gasteiger charge is 2.26. The fourth-order valence-electron chi connectivity index (χ4n) is 3.41. The van der Waals surface area contributed by atoms with Gasteiger partial charge in [-0.3, -0.25) is 19.8 Å². The maximum absolute atomic E-state index is 12.6. The van der Waals surface area contributed by atoms with Crippen LogP contribution in [-0.4, -0.2) is 86.6 Å². The van der Waals surface area contributed by atoms with Gasteiger partial charge in [-0.15, -0.1) is 5.10 Å². The Hall–Kier alpha value is -3.54. The van der Waals surface area contributed by atoms with Gasteiger partial charge in [0.05, 0.1) is 16.3 Å². The first-order chi connectivity index (χ1) is 15.5. The van der Waals surface area contributed by atoms with Gasteiger partial charge in [0.1, 0.15) is 5.60 Å². The molecular weight excluding hydrogens is 430 g/mol. The number of aromatic nitrogens is 3. The Kier molecular flexibility index (Phi) is 7.26. The zero-order valence-electron chi connectivity index (χ0n) is 19.3. The van der Waals surface area contributed by atoms with Crippen molar-refractivity contribution in [3.05, 3.63) is 45.8 Å². The summed E-state index contributed by atoms with van der Waals surface area (Å²) < 4.78 is 6.80. The summed E-state index contributed by atoms with van der Waals surface area (Å²) in [5.74, 6) is -0.364. The van der Waals surface area contributed by atoms with Crippen LogP contribution in [0.15, 0.2) is 24.3 Å². The molecule has 1 N–H and O–H groups in total. The maximum Gasteiger partial charge on any atom is 0.410 e. The van der Waals surface area contributed by atoms with Crippen molar-refractivity contribution in [1.29, 1.82) is 0 Å². The van der Waals surface area contributed by atoms with Crippen molar-refractivity contribution in [2.45, 2.75) is 33.3 Å². The van der Waals surface area contributed by atoms with E-state index < -0.39 is 10.5 Å². The third-order valence-corrected chi connectivity index (χ3v) is 5.13. The lowest BCUT2D eigenvalue weighted by molar-refractivity contribution is -0.384. The fourth-order valence-corrected chi connectivity index (χ4v) is 3.41. The third-order valence-electron chi connectivity index (χ3n) is 5.13. The number of amides is 2. The molecule has 0 spiro atoms. The lowest BCUT2D eigenvalue weighted by Crippen LogP contribution is -2.51. The van der Waals surface area contributed by atoms with E-state index in [0.29, 0.717) is 50.6 Å². The molecular formula is C21H29N7O5. The van der Waals surface area contributed by atoms with Gasteiger partial charge >= 0.3 is 6.09 Å². The van der Waals surface area contributed by atoms with Crippen LogP contribution in [0.5, 0.6) is 0 Å². The Morgan fingerprint density at radius 2 is 1.91 bits per heavy atom. The molecule has 12 nitrogen and oxygen atoms in total. The van der Waals surface area contributed by atoms with Crippen molar-refractivity contribution in [2.24, 2.45) is 0 Å². The number of ether oxygens (including phenoxy) is 1. The number of nitro groups is 1. The standard InChI is InChI=1S/C21H29N7O5/c1-15-18(23-24-27(15)16-6-5-7-17(14-16)28(31)32)19(29)22-8-9-25-10-12-26(13-11-25)20(30)33-21(2,3)4/h5-7,14H,8-13H2,1-4H3,(H,22,29). The summed E-state index contributed by atoms with van der Waals surface area (Å²) in [5, 5.41) is 21.8. The SMILES string of the molecule is Cc1c(C(=O)NCCN2CCN(C(=O)OC(C)(C)C)CC2)nnn1-c1cccc([N+](=O)[O-])c1. The minimum Gasteiger partial charge on any atom is -0.444 e. The van der Waals surface area contributed by atoms with Crippen LogP contribution in [0.1, 0.15) is 37.0 Å². The number of piperazine rings is 1. The first-order valence-electron chi connectivity index (χ1n) is 10.7. The summed E-state index contributed by atoms with van der Waals surface area (Å²) in [7, 11) is 0. The Balaban J connectivity index is 1.49. The number of hydrogen-bond donors (Lipinski definition) is 1. The van der Waals surface area contributed by atoms with Crippen LogP contribution in [0.2, 0.25) is 0 Å². The van der Waals surface area contributed by atoms with Gasteiger partial charge in [-0.2, -0.15) is 0 Å². The zero-order chi connectivity index (χ0) is 24.2. The lowest BCUT2D eigenvalue weighted by atomic mass is 10.2. The molecule has 0 aliphatic carbocycles. The number of carbonyl (C=O) groups excluding carboxylic acids is 2. The molecule has 178 valence electrons. The molecule has 0 saturated carbocycles. The molecule has 1 aromatic carbocycles. The second-order valence-electron chi connectivity index (χ2n) is 8.78. The van der Waals surface area contributed by atoms with E-state index in [-0.39, 0.29) is 23.4 Å². The van der Waals surface area contributed by atoms with E-state index in [1.807, 2.05) is 20.8 Å². The van der Waals surface area contributed by atoms with Crippen LogP contribution in [0.3, 0.4) is 0 Å². The predicted molar refractivity (Wildman–Crippen MR) is 119 cm³/mol. The van der Waals surface area contributed by atoms with Crippen molar-refractivity contribution in [1.82, 2.24) is 30.1 Å². The second-order valence-corrected chi connectivity index (χ2v) is 8.78. The Labute approximate surface area is 191 Å². The normalized spacial score (nSPS) is 14.7. The van der Waals surface area contributed by atoms with Crippen molar-refractivity contribution in [3.8, 4) is 5.69 Å². The monoisotopic (exact) mass is 459 g/mol. The minimum absolute atomic E-state index is 0.0693. The molecule has 0 bridgehead atoms. The van der Waals surface area contributed by atoms with Crippen molar-refractivity contribution in [3.63, 3.8) is 0 Å². The van der Waals surface area contributed by atoms with E-state index in [0.717, 1.165) is 0 Å². The fraction of sp³-hybridized carbons (Fsp3) is 0.524. The van der Waals surface area contributed by atoms with Crippen LogP contribution in [0, 0.1) is 17.0 Å². The van der Waals surface area contributed by atoms with Crippen molar-refractivity contribution in [2.75, 3.05) is 39.3 Å². The van der Waals surface area contributed by atoms with Gasteiger partial charge in [0.25, 0.3) is 11.6 Å². The van der Waals surface area contributed by atoms with Gasteiger partial charge in [-0.1, -0.05) is 11.3 Å². The molecule has 2 heterocycles. The molecule has 12 heteroatoms. The number of rotatable bonds is 6. The first kappa shape index (κ1) is 24.1. The van der Waals surface area contributed by atoms with E-state index >= 15 is 0 Å². The summed E-state index contributed by atoms with van der Waals surface area (Å²) in [4.78, 5) is 39.1. The quantitative estimate of drug-likeness (QED) is 0.510. The molecule has 1 aliphatic rings. The van der Waals surface area contributed by atoms with Crippen LogP contribution in [0.25, 0.3) is 5.69 Å². The van der Waals surface area contributed by atoms with Crippen LogP contribution in [0.4, 0.5) is 10.5 Å². The minimum atomic E-state index is -0.520. The molecule has 0 unspecified atom stereocenters. The second kappa shape index (κ2) is 9.94. The molecule has 0 atom stereocenters. The number of hydrogen-bond acceptors (Lipinski definition) is 8. The largest absolute Gasteiger partial charge is 0.444 e. The van der Waals surface area contributed by atoms with E-state index in [1.165, 1.54) is 16.8 Å². The molecule has 1 fully saturated rings. The average Bonchev–Trinajstić information content (AvgIpc) is 3.14. The Morgan fingerprint density at radius 1 is 1.21 bits per heavy atom. The molecule has 2 amide bonds. The summed E-state index contributed by atoms with van der Waals surface area (Å²) in [6, 6.07) is 5.97. The number of non-ortho nitro benzene ring substituents is 1. The lowest BCUT2D eigenvalue weighted by Gasteiger charge is -2.35. The molecule has 1 aliphatic heterocycles. The molecule has 0 radical (unpaired) electrons.